The first-order chi connectivity index (χ1) is 8.59. The zero-order valence-electron chi connectivity index (χ0n) is 10.9. The Morgan fingerprint density at radius 3 is 2.56 bits per heavy atom. The van der Waals surface area contributed by atoms with Crippen LogP contribution in [-0.4, -0.2) is 6.54 Å². The predicted octanol–water partition coefficient (Wildman–Crippen LogP) is 3.02. The summed E-state index contributed by atoms with van der Waals surface area (Å²) >= 11 is 1.79. The molecule has 0 fully saturated rings. The summed E-state index contributed by atoms with van der Waals surface area (Å²) in [5, 5.41) is 5.58. The maximum Gasteiger partial charge on any atom is 0.0507 e. The van der Waals surface area contributed by atoms with Gasteiger partial charge in [0.15, 0.2) is 0 Å². The second kappa shape index (κ2) is 5.65. The lowest BCUT2D eigenvalue weighted by atomic mass is 9.93. The van der Waals surface area contributed by atoms with Gasteiger partial charge in [-0.1, -0.05) is 30.3 Å². The van der Waals surface area contributed by atoms with E-state index in [1.807, 2.05) is 18.2 Å². The van der Waals surface area contributed by atoms with Crippen LogP contribution in [0.2, 0.25) is 0 Å². The van der Waals surface area contributed by atoms with Crippen molar-refractivity contribution in [2.45, 2.75) is 25.9 Å². The summed E-state index contributed by atoms with van der Waals surface area (Å²) in [4.78, 5) is 1.39. The van der Waals surface area contributed by atoms with Gasteiger partial charge >= 0.3 is 0 Å². The fraction of sp³-hybridized carbons (Fsp3) is 0.333. The Balaban J connectivity index is 1.92. The molecule has 1 unspecified atom stereocenters. The van der Waals surface area contributed by atoms with Crippen molar-refractivity contribution in [1.29, 1.82) is 0 Å². The predicted molar refractivity (Wildman–Crippen MR) is 78.7 cm³/mol. The van der Waals surface area contributed by atoms with E-state index in [1.54, 1.807) is 11.3 Å². The highest BCUT2D eigenvalue weighted by molar-refractivity contribution is 7.10. The topological polar surface area (TPSA) is 38.0 Å². The molecule has 0 aliphatic carbocycles. The maximum absolute atomic E-state index is 6.36. The summed E-state index contributed by atoms with van der Waals surface area (Å²) in [6.07, 6.45) is 0. The lowest BCUT2D eigenvalue weighted by Crippen LogP contribution is -2.43. The van der Waals surface area contributed by atoms with Gasteiger partial charge in [0.05, 0.1) is 5.54 Å². The van der Waals surface area contributed by atoms with Crippen LogP contribution in [0.25, 0.3) is 0 Å². The van der Waals surface area contributed by atoms with E-state index in [9.17, 15) is 0 Å². The molecule has 18 heavy (non-hydrogen) atoms. The van der Waals surface area contributed by atoms with E-state index in [0.717, 1.165) is 13.1 Å². The van der Waals surface area contributed by atoms with Crippen LogP contribution in [0.1, 0.15) is 22.9 Å². The third kappa shape index (κ3) is 3.19. The van der Waals surface area contributed by atoms with Crippen LogP contribution >= 0.6 is 11.3 Å². The fourth-order valence-corrected chi connectivity index (χ4v) is 2.82. The average Bonchev–Trinajstić information content (AvgIpc) is 2.76. The van der Waals surface area contributed by atoms with E-state index in [0.29, 0.717) is 0 Å². The zero-order chi connectivity index (χ0) is 13.0. The third-order valence-corrected chi connectivity index (χ3v) is 4.20. The fourth-order valence-electron chi connectivity index (χ4n) is 1.94. The van der Waals surface area contributed by atoms with Gasteiger partial charge in [0.1, 0.15) is 0 Å². The average molecular weight is 260 g/mol. The van der Waals surface area contributed by atoms with Crippen LogP contribution < -0.4 is 11.1 Å². The largest absolute Gasteiger partial charge is 0.321 e. The van der Waals surface area contributed by atoms with Crippen LogP contribution in [0, 0.1) is 6.92 Å². The van der Waals surface area contributed by atoms with Gasteiger partial charge in [-0.2, -0.15) is 0 Å². The molecule has 96 valence electrons. The van der Waals surface area contributed by atoms with Gasteiger partial charge in [0.25, 0.3) is 0 Å². The SMILES string of the molecule is Cc1ccsc1CNCC(C)(N)c1ccccc1. The molecule has 2 rings (SSSR count). The molecule has 1 aromatic heterocycles. The molecule has 0 saturated carbocycles. The van der Waals surface area contributed by atoms with E-state index in [-0.39, 0.29) is 5.54 Å². The molecule has 0 saturated heterocycles. The Labute approximate surface area is 113 Å². The van der Waals surface area contributed by atoms with E-state index >= 15 is 0 Å². The van der Waals surface area contributed by atoms with Gasteiger partial charge in [0, 0.05) is 18.0 Å². The van der Waals surface area contributed by atoms with Crippen LogP contribution in [0.3, 0.4) is 0 Å². The smallest absolute Gasteiger partial charge is 0.0507 e. The lowest BCUT2D eigenvalue weighted by Gasteiger charge is -2.25. The molecule has 0 spiro atoms. The minimum Gasteiger partial charge on any atom is -0.321 e. The minimum atomic E-state index is -0.327. The lowest BCUT2D eigenvalue weighted by molar-refractivity contribution is 0.446. The number of aryl methyl sites for hydroxylation is 1. The first kappa shape index (κ1) is 13.3. The van der Waals surface area contributed by atoms with Gasteiger partial charge < -0.3 is 11.1 Å². The number of hydrogen-bond donors (Lipinski definition) is 2. The van der Waals surface area contributed by atoms with Crippen molar-refractivity contribution in [3.8, 4) is 0 Å². The Hall–Kier alpha value is -1.16. The van der Waals surface area contributed by atoms with Crippen LogP contribution in [0.4, 0.5) is 0 Å². The molecule has 1 aromatic carbocycles. The summed E-state index contributed by atoms with van der Waals surface area (Å²) in [5.41, 5.74) is 8.55. The maximum atomic E-state index is 6.36. The number of nitrogens with one attached hydrogen (secondary N) is 1. The summed E-state index contributed by atoms with van der Waals surface area (Å²) in [6.45, 7) is 5.88. The van der Waals surface area contributed by atoms with Crippen LogP contribution in [-0.2, 0) is 12.1 Å². The third-order valence-electron chi connectivity index (χ3n) is 3.18. The van der Waals surface area contributed by atoms with E-state index in [1.165, 1.54) is 16.0 Å². The molecule has 0 radical (unpaired) electrons. The normalized spacial score (nSPS) is 14.4. The van der Waals surface area contributed by atoms with Gasteiger partial charge in [-0.25, -0.2) is 0 Å². The molecule has 0 aliphatic heterocycles. The molecule has 0 amide bonds. The van der Waals surface area contributed by atoms with Gasteiger partial charge in [-0.05, 0) is 36.4 Å². The van der Waals surface area contributed by atoms with Gasteiger partial charge in [-0.15, -0.1) is 11.3 Å². The van der Waals surface area contributed by atoms with Crippen molar-refractivity contribution in [2.75, 3.05) is 6.54 Å². The highest BCUT2D eigenvalue weighted by atomic mass is 32.1. The Bertz CT molecular complexity index is 488. The number of nitrogens with two attached hydrogens (primary N) is 1. The molecule has 0 bridgehead atoms. The highest BCUT2D eigenvalue weighted by Crippen LogP contribution is 2.18. The van der Waals surface area contributed by atoms with Crippen molar-refractivity contribution >= 4 is 11.3 Å². The molecule has 1 heterocycles. The van der Waals surface area contributed by atoms with E-state index in [2.05, 4.69) is 42.7 Å². The summed E-state index contributed by atoms with van der Waals surface area (Å²) in [7, 11) is 0. The monoisotopic (exact) mass is 260 g/mol. The molecule has 0 aliphatic rings. The Morgan fingerprint density at radius 2 is 1.94 bits per heavy atom. The quantitative estimate of drug-likeness (QED) is 0.867. The number of benzene rings is 1. The molecule has 2 aromatic rings. The van der Waals surface area contributed by atoms with Crippen molar-refractivity contribution in [3.63, 3.8) is 0 Å². The number of rotatable bonds is 5. The summed E-state index contributed by atoms with van der Waals surface area (Å²) in [5.74, 6) is 0. The summed E-state index contributed by atoms with van der Waals surface area (Å²) in [6, 6.07) is 12.4. The van der Waals surface area contributed by atoms with Gasteiger partial charge in [-0.3, -0.25) is 0 Å². The Kier molecular flexibility index (Phi) is 4.17. The second-order valence-corrected chi connectivity index (χ2v) is 5.91. The number of hydrogen-bond acceptors (Lipinski definition) is 3. The van der Waals surface area contributed by atoms with Crippen molar-refractivity contribution in [3.05, 3.63) is 57.8 Å². The van der Waals surface area contributed by atoms with Crippen molar-refractivity contribution in [1.82, 2.24) is 5.32 Å². The number of thiophene rings is 1. The minimum absolute atomic E-state index is 0.327. The first-order valence-corrected chi connectivity index (χ1v) is 7.06. The molecule has 2 nitrogen and oxygen atoms in total. The molecule has 3 heteroatoms. The highest BCUT2D eigenvalue weighted by Gasteiger charge is 2.20. The first-order valence-electron chi connectivity index (χ1n) is 6.18. The van der Waals surface area contributed by atoms with E-state index in [4.69, 9.17) is 5.73 Å². The van der Waals surface area contributed by atoms with Crippen LogP contribution in [0.15, 0.2) is 41.8 Å². The van der Waals surface area contributed by atoms with Crippen LogP contribution in [0.5, 0.6) is 0 Å². The molecular formula is C15H20N2S. The van der Waals surface area contributed by atoms with E-state index < -0.39 is 0 Å². The van der Waals surface area contributed by atoms with Crippen molar-refractivity contribution < 1.29 is 0 Å². The summed E-state index contributed by atoms with van der Waals surface area (Å²) < 4.78 is 0. The Morgan fingerprint density at radius 1 is 1.22 bits per heavy atom. The molecule has 3 N–H and O–H groups in total. The zero-order valence-corrected chi connectivity index (χ0v) is 11.8. The molecule has 1 atom stereocenters. The molecular weight excluding hydrogens is 240 g/mol. The second-order valence-electron chi connectivity index (χ2n) is 4.91. The standard InChI is InChI=1S/C15H20N2S/c1-12-8-9-18-14(12)10-17-11-15(2,16)13-6-4-3-5-7-13/h3-9,17H,10-11,16H2,1-2H3. The van der Waals surface area contributed by atoms with Gasteiger partial charge in [0.2, 0.25) is 0 Å². The van der Waals surface area contributed by atoms with Crippen molar-refractivity contribution in [2.24, 2.45) is 5.73 Å².